The second kappa shape index (κ2) is 6.94. The molecule has 0 atom stereocenters. The number of ether oxygens (including phenoxy) is 1. The van der Waals surface area contributed by atoms with Crippen molar-refractivity contribution in [3.8, 4) is 5.75 Å². The third kappa shape index (κ3) is 3.44. The van der Waals surface area contributed by atoms with Crippen LogP contribution in [0.5, 0.6) is 5.75 Å². The Morgan fingerprint density at radius 2 is 1.92 bits per heavy atom. The van der Waals surface area contributed by atoms with Crippen LogP contribution in [0.2, 0.25) is 5.02 Å². The summed E-state index contributed by atoms with van der Waals surface area (Å²) in [5.41, 5.74) is 1.13. The molecule has 1 aromatic heterocycles. The summed E-state index contributed by atoms with van der Waals surface area (Å²) in [4.78, 5) is 12.0. The van der Waals surface area contributed by atoms with Gasteiger partial charge in [-0.15, -0.1) is 0 Å². The van der Waals surface area contributed by atoms with Crippen LogP contribution in [0.3, 0.4) is 0 Å². The molecule has 6 nitrogen and oxygen atoms in total. The van der Waals surface area contributed by atoms with Crippen LogP contribution in [-0.4, -0.2) is 20.1 Å². The first kappa shape index (κ1) is 18.8. The second-order valence-electron chi connectivity index (χ2n) is 5.91. The molecule has 2 aromatic carbocycles. The highest BCUT2D eigenvalue weighted by molar-refractivity contribution is 7.92. The fourth-order valence-electron chi connectivity index (χ4n) is 2.66. The third-order valence-electron chi connectivity index (χ3n) is 3.80. The molecule has 0 spiro atoms. The number of hydrogen-bond donors (Lipinski definition) is 1. The van der Waals surface area contributed by atoms with Crippen molar-refractivity contribution >= 4 is 48.9 Å². The van der Waals surface area contributed by atoms with Crippen molar-refractivity contribution in [3.05, 3.63) is 51.1 Å². The molecule has 3 rings (SSSR count). The lowest BCUT2D eigenvalue weighted by Gasteiger charge is -2.12. The fourth-order valence-corrected chi connectivity index (χ4v) is 5.19. The van der Waals surface area contributed by atoms with Gasteiger partial charge in [-0.05, 0) is 50.2 Å². The van der Waals surface area contributed by atoms with Crippen molar-refractivity contribution in [2.45, 2.75) is 24.8 Å². The van der Waals surface area contributed by atoms with Crippen LogP contribution in [0.1, 0.15) is 19.9 Å². The molecular formula is C17H17ClN2O4S2. The highest BCUT2D eigenvalue weighted by Gasteiger charge is 2.21. The smallest absolute Gasteiger partial charge is 0.308 e. The molecule has 0 unspecified atom stereocenters. The standard InChI is InChI=1S/C17H17ClN2O4S2/c1-10(2)20-13-6-5-12(9-15(13)25-17(20)21)19-26(22,23)16-8-11(18)4-7-14(16)24-3/h4-10,19H,1-3H3. The maximum absolute atomic E-state index is 12.7. The van der Waals surface area contributed by atoms with Gasteiger partial charge in [0, 0.05) is 11.1 Å². The van der Waals surface area contributed by atoms with Crippen molar-refractivity contribution in [2.24, 2.45) is 0 Å². The van der Waals surface area contributed by atoms with E-state index in [4.69, 9.17) is 16.3 Å². The third-order valence-corrected chi connectivity index (χ3v) is 6.35. The lowest BCUT2D eigenvalue weighted by molar-refractivity contribution is 0.403. The Bertz CT molecular complexity index is 1130. The number of sulfonamides is 1. The van der Waals surface area contributed by atoms with Crippen molar-refractivity contribution < 1.29 is 13.2 Å². The Morgan fingerprint density at radius 1 is 1.19 bits per heavy atom. The van der Waals surface area contributed by atoms with Crippen LogP contribution in [0.15, 0.2) is 46.1 Å². The molecule has 1 heterocycles. The predicted octanol–water partition coefficient (Wildman–Crippen LogP) is 4.11. The van der Waals surface area contributed by atoms with E-state index in [1.807, 2.05) is 13.8 Å². The average molecular weight is 413 g/mol. The van der Waals surface area contributed by atoms with E-state index < -0.39 is 10.0 Å². The van der Waals surface area contributed by atoms with Crippen LogP contribution in [0.25, 0.3) is 10.2 Å². The average Bonchev–Trinajstić information content (AvgIpc) is 2.89. The molecule has 0 aliphatic carbocycles. The number of nitrogens with zero attached hydrogens (tertiary/aromatic N) is 1. The van der Waals surface area contributed by atoms with Crippen LogP contribution < -0.4 is 14.3 Å². The van der Waals surface area contributed by atoms with Crippen molar-refractivity contribution in [3.63, 3.8) is 0 Å². The van der Waals surface area contributed by atoms with Gasteiger partial charge in [0.25, 0.3) is 10.0 Å². The van der Waals surface area contributed by atoms with E-state index in [1.165, 1.54) is 19.2 Å². The van der Waals surface area contributed by atoms with Gasteiger partial charge in [-0.2, -0.15) is 0 Å². The van der Waals surface area contributed by atoms with E-state index in [2.05, 4.69) is 4.72 Å². The zero-order valence-corrected chi connectivity index (χ0v) is 16.7. The second-order valence-corrected chi connectivity index (χ2v) is 9.00. The number of halogens is 1. The van der Waals surface area contributed by atoms with E-state index in [0.717, 1.165) is 16.9 Å². The van der Waals surface area contributed by atoms with E-state index in [1.54, 1.807) is 28.8 Å². The van der Waals surface area contributed by atoms with Gasteiger partial charge < -0.3 is 4.74 Å². The van der Waals surface area contributed by atoms with Crippen LogP contribution in [0, 0.1) is 0 Å². The number of aromatic nitrogens is 1. The molecule has 138 valence electrons. The summed E-state index contributed by atoms with van der Waals surface area (Å²) >= 11 is 7.01. The van der Waals surface area contributed by atoms with Gasteiger partial charge in [-0.3, -0.25) is 14.1 Å². The van der Waals surface area contributed by atoms with Gasteiger partial charge in [0.05, 0.1) is 23.0 Å². The summed E-state index contributed by atoms with van der Waals surface area (Å²) in [7, 11) is -2.52. The number of anilines is 1. The number of nitrogens with one attached hydrogen (secondary N) is 1. The maximum atomic E-state index is 12.7. The number of benzene rings is 2. The monoisotopic (exact) mass is 412 g/mol. The number of methoxy groups -OCH3 is 1. The zero-order valence-electron chi connectivity index (χ0n) is 14.3. The van der Waals surface area contributed by atoms with Gasteiger partial charge >= 0.3 is 4.87 Å². The molecular weight excluding hydrogens is 396 g/mol. The first-order valence-electron chi connectivity index (χ1n) is 7.74. The summed E-state index contributed by atoms with van der Waals surface area (Å²) < 4.78 is 35.5. The number of fused-ring (bicyclic) bond motifs is 1. The van der Waals surface area contributed by atoms with Crippen LogP contribution >= 0.6 is 22.9 Å². The quantitative estimate of drug-likeness (QED) is 0.684. The first-order chi connectivity index (χ1) is 12.2. The Labute approximate surface area is 160 Å². The molecule has 26 heavy (non-hydrogen) atoms. The van der Waals surface area contributed by atoms with Gasteiger partial charge in [-0.25, -0.2) is 8.42 Å². The highest BCUT2D eigenvalue weighted by atomic mass is 35.5. The largest absolute Gasteiger partial charge is 0.495 e. The lowest BCUT2D eigenvalue weighted by atomic mass is 10.3. The highest BCUT2D eigenvalue weighted by Crippen LogP contribution is 2.30. The Morgan fingerprint density at radius 3 is 2.58 bits per heavy atom. The maximum Gasteiger partial charge on any atom is 0.308 e. The Hall–Kier alpha value is -2.03. The summed E-state index contributed by atoms with van der Waals surface area (Å²) in [5.74, 6) is 0.193. The predicted molar refractivity (Wildman–Crippen MR) is 105 cm³/mol. The van der Waals surface area contributed by atoms with Gasteiger partial charge in [0.2, 0.25) is 0 Å². The summed E-state index contributed by atoms with van der Waals surface area (Å²) in [6.07, 6.45) is 0. The normalized spacial score (nSPS) is 11.9. The molecule has 0 aliphatic rings. The summed E-state index contributed by atoms with van der Waals surface area (Å²) in [5, 5.41) is 0.286. The molecule has 9 heteroatoms. The minimum Gasteiger partial charge on any atom is -0.495 e. The van der Waals surface area contributed by atoms with Gasteiger partial charge in [0.1, 0.15) is 10.6 Å². The zero-order chi connectivity index (χ0) is 19.1. The number of rotatable bonds is 5. The number of thiazole rings is 1. The van der Waals surface area contributed by atoms with E-state index in [-0.39, 0.29) is 26.6 Å². The Balaban J connectivity index is 2.03. The summed E-state index contributed by atoms with van der Waals surface area (Å²) in [6.45, 7) is 3.85. The molecule has 0 fully saturated rings. The molecule has 0 saturated heterocycles. The number of hydrogen-bond acceptors (Lipinski definition) is 5. The molecule has 3 aromatic rings. The van der Waals surface area contributed by atoms with Crippen molar-refractivity contribution in [2.75, 3.05) is 11.8 Å². The molecule has 0 bridgehead atoms. The van der Waals surface area contributed by atoms with Crippen LogP contribution in [0.4, 0.5) is 5.69 Å². The van der Waals surface area contributed by atoms with Crippen LogP contribution in [-0.2, 0) is 10.0 Å². The molecule has 0 amide bonds. The van der Waals surface area contributed by atoms with E-state index in [9.17, 15) is 13.2 Å². The first-order valence-corrected chi connectivity index (χ1v) is 10.4. The minimum atomic E-state index is -3.91. The fraction of sp³-hybridized carbons (Fsp3) is 0.235. The summed E-state index contributed by atoms with van der Waals surface area (Å²) in [6, 6.07) is 9.41. The molecule has 0 saturated carbocycles. The lowest BCUT2D eigenvalue weighted by Crippen LogP contribution is -2.15. The Kier molecular flexibility index (Phi) is 5.01. The van der Waals surface area contributed by atoms with Crippen molar-refractivity contribution in [1.82, 2.24) is 4.57 Å². The molecule has 0 radical (unpaired) electrons. The van der Waals surface area contributed by atoms with E-state index in [0.29, 0.717) is 10.4 Å². The van der Waals surface area contributed by atoms with Gasteiger partial charge in [0.15, 0.2) is 0 Å². The topological polar surface area (TPSA) is 77.4 Å². The molecule has 0 aliphatic heterocycles. The SMILES string of the molecule is COc1ccc(Cl)cc1S(=O)(=O)Nc1ccc2c(c1)sc(=O)n2C(C)C. The van der Waals surface area contributed by atoms with E-state index >= 15 is 0 Å². The minimum absolute atomic E-state index is 0.0227. The van der Waals surface area contributed by atoms with Crippen molar-refractivity contribution in [1.29, 1.82) is 0 Å². The molecule has 1 N–H and O–H groups in total. The van der Waals surface area contributed by atoms with Gasteiger partial charge in [-0.1, -0.05) is 22.9 Å².